The minimum absolute atomic E-state index is 0.0842. The number of nitrogens with one attached hydrogen (secondary N) is 2. The van der Waals surface area contributed by atoms with Crippen LogP contribution in [0.1, 0.15) is 52.0 Å². The molecule has 176 valence electrons. The lowest BCUT2D eigenvalue weighted by Crippen LogP contribution is -2.36. The molecule has 1 aromatic carbocycles. The van der Waals surface area contributed by atoms with E-state index < -0.39 is 23.8 Å². The zero-order valence-corrected chi connectivity index (χ0v) is 19.3. The smallest absolute Gasteiger partial charge is 0.412 e. The molecule has 2 rings (SSSR count). The Hall–Kier alpha value is -3.03. The molecule has 1 aromatic rings. The van der Waals surface area contributed by atoms with Gasteiger partial charge in [0.2, 0.25) is 0 Å². The molecule has 0 heterocycles. The number of carbonyl (C=O) groups excluding carboxylic acids is 3. The zero-order valence-electron chi connectivity index (χ0n) is 19.3. The van der Waals surface area contributed by atoms with Crippen molar-refractivity contribution in [1.29, 1.82) is 0 Å². The van der Waals surface area contributed by atoms with Gasteiger partial charge in [0.25, 0.3) is 0 Å². The van der Waals surface area contributed by atoms with E-state index in [2.05, 4.69) is 10.6 Å². The van der Waals surface area contributed by atoms with E-state index in [1.807, 2.05) is 51.1 Å². The number of hydrogen-bond acceptors (Lipinski definition) is 6. The predicted molar refractivity (Wildman–Crippen MR) is 120 cm³/mol. The third kappa shape index (κ3) is 9.41. The van der Waals surface area contributed by atoms with E-state index in [0.717, 1.165) is 31.2 Å². The van der Waals surface area contributed by atoms with Crippen molar-refractivity contribution >= 4 is 18.2 Å². The molecule has 2 amide bonds. The van der Waals surface area contributed by atoms with Crippen molar-refractivity contribution in [2.75, 3.05) is 13.7 Å². The Labute approximate surface area is 189 Å². The number of benzene rings is 1. The summed E-state index contributed by atoms with van der Waals surface area (Å²) in [6, 6.07) is 9.29. The van der Waals surface area contributed by atoms with Crippen molar-refractivity contribution in [2.24, 2.45) is 11.8 Å². The summed E-state index contributed by atoms with van der Waals surface area (Å²) in [6.45, 7) is 6.15. The predicted octanol–water partition coefficient (Wildman–Crippen LogP) is 4.30. The molecule has 32 heavy (non-hydrogen) atoms. The van der Waals surface area contributed by atoms with Crippen molar-refractivity contribution in [3.05, 3.63) is 47.7 Å². The first-order chi connectivity index (χ1) is 15.2. The maximum Gasteiger partial charge on any atom is 0.412 e. The van der Waals surface area contributed by atoms with Crippen LogP contribution >= 0.6 is 0 Å². The first-order valence-corrected chi connectivity index (χ1v) is 10.9. The number of carbonyl (C=O) groups is 3. The number of rotatable bonds is 7. The normalized spacial score (nSPS) is 18.9. The van der Waals surface area contributed by atoms with Gasteiger partial charge in [-0.15, -0.1) is 0 Å². The molecule has 2 N–H and O–H groups in total. The summed E-state index contributed by atoms with van der Waals surface area (Å²) >= 11 is 0. The van der Waals surface area contributed by atoms with Gasteiger partial charge in [0, 0.05) is 6.54 Å². The van der Waals surface area contributed by atoms with Crippen molar-refractivity contribution in [2.45, 2.75) is 58.7 Å². The standard InChI is InChI=1S/C24H34N2O6/c1-24(2,3)32-22(28)25-15-18-12-10-17(11-13-18)14-20(21(27)30-4)26-23(29)31-16-19-8-6-5-7-9-19/h5-9,14,17-18H,10-13,15-16H2,1-4H3,(H,25,28)(H,26,29)/b20-14-. The number of amides is 2. The lowest BCUT2D eigenvalue weighted by Gasteiger charge is -2.28. The number of hydrogen-bond donors (Lipinski definition) is 2. The van der Waals surface area contributed by atoms with Gasteiger partial charge in [-0.05, 0) is 63.9 Å². The summed E-state index contributed by atoms with van der Waals surface area (Å²) < 4.78 is 15.3. The molecule has 1 aliphatic rings. The fourth-order valence-electron chi connectivity index (χ4n) is 3.48. The Morgan fingerprint density at radius 1 is 1.03 bits per heavy atom. The van der Waals surface area contributed by atoms with Crippen molar-refractivity contribution in [3.8, 4) is 0 Å². The Kier molecular flexibility index (Phi) is 9.56. The highest BCUT2D eigenvalue weighted by Crippen LogP contribution is 2.30. The maximum atomic E-state index is 12.2. The van der Waals surface area contributed by atoms with Crippen molar-refractivity contribution < 1.29 is 28.6 Å². The van der Waals surface area contributed by atoms with Crippen LogP contribution in [0.4, 0.5) is 9.59 Å². The summed E-state index contributed by atoms with van der Waals surface area (Å²) in [4.78, 5) is 36.1. The second-order valence-corrected chi connectivity index (χ2v) is 8.92. The molecule has 0 spiro atoms. The topological polar surface area (TPSA) is 103 Å². The molecule has 0 aromatic heterocycles. The van der Waals surface area contributed by atoms with Crippen LogP contribution in [0.5, 0.6) is 0 Å². The second kappa shape index (κ2) is 12.1. The average Bonchev–Trinajstić information content (AvgIpc) is 2.75. The molecule has 0 unspecified atom stereocenters. The fraction of sp³-hybridized carbons (Fsp3) is 0.542. The first-order valence-electron chi connectivity index (χ1n) is 10.9. The van der Waals surface area contributed by atoms with Crippen LogP contribution in [-0.2, 0) is 25.6 Å². The van der Waals surface area contributed by atoms with Crippen LogP contribution in [0, 0.1) is 11.8 Å². The lowest BCUT2D eigenvalue weighted by atomic mass is 9.81. The summed E-state index contributed by atoms with van der Waals surface area (Å²) in [5.74, 6) is -0.149. The molecule has 8 heteroatoms. The van der Waals surface area contributed by atoms with Gasteiger partial charge in [-0.3, -0.25) is 5.32 Å². The van der Waals surface area contributed by atoms with E-state index in [1.165, 1.54) is 7.11 Å². The summed E-state index contributed by atoms with van der Waals surface area (Å²) in [5.41, 5.74) is 0.414. The van der Waals surface area contributed by atoms with Crippen LogP contribution in [0.15, 0.2) is 42.1 Å². The van der Waals surface area contributed by atoms with Gasteiger partial charge in [-0.1, -0.05) is 36.4 Å². The van der Waals surface area contributed by atoms with Gasteiger partial charge in [-0.2, -0.15) is 0 Å². The number of methoxy groups -OCH3 is 1. The van der Waals surface area contributed by atoms with Gasteiger partial charge in [0.15, 0.2) is 0 Å². The molecule has 1 saturated carbocycles. The SMILES string of the molecule is COC(=O)/C(=C/C1CCC(CNC(=O)OC(C)(C)C)CC1)NC(=O)OCc1ccccc1. The van der Waals surface area contributed by atoms with E-state index in [0.29, 0.717) is 12.5 Å². The van der Waals surface area contributed by atoms with Gasteiger partial charge in [0.05, 0.1) is 7.11 Å². The molecule has 0 radical (unpaired) electrons. The second-order valence-electron chi connectivity index (χ2n) is 8.92. The van der Waals surface area contributed by atoms with E-state index in [9.17, 15) is 14.4 Å². The highest BCUT2D eigenvalue weighted by Gasteiger charge is 2.24. The van der Waals surface area contributed by atoms with Crippen LogP contribution in [0.3, 0.4) is 0 Å². The molecule has 0 atom stereocenters. The van der Waals surface area contributed by atoms with Crippen LogP contribution < -0.4 is 10.6 Å². The number of esters is 1. The van der Waals surface area contributed by atoms with Crippen LogP contribution in [0.2, 0.25) is 0 Å². The highest BCUT2D eigenvalue weighted by atomic mass is 16.6. The number of alkyl carbamates (subject to hydrolysis) is 2. The molecular weight excluding hydrogens is 412 g/mol. The minimum Gasteiger partial charge on any atom is -0.464 e. The maximum absolute atomic E-state index is 12.2. The highest BCUT2D eigenvalue weighted by molar-refractivity contribution is 5.92. The summed E-state index contributed by atoms with van der Waals surface area (Å²) in [5, 5.41) is 5.33. The Morgan fingerprint density at radius 3 is 2.28 bits per heavy atom. The molecule has 8 nitrogen and oxygen atoms in total. The zero-order chi connectivity index (χ0) is 23.6. The van der Waals surface area contributed by atoms with Gasteiger partial charge in [-0.25, -0.2) is 14.4 Å². The average molecular weight is 447 g/mol. The van der Waals surface area contributed by atoms with E-state index in [4.69, 9.17) is 14.2 Å². The van der Waals surface area contributed by atoms with Gasteiger partial charge >= 0.3 is 18.2 Å². The molecule has 0 bridgehead atoms. The Bertz CT molecular complexity index is 792. The number of ether oxygens (including phenoxy) is 3. The lowest BCUT2D eigenvalue weighted by molar-refractivity contribution is -0.136. The molecule has 0 aliphatic heterocycles. The van der Waals surface area contributed by atoms with E-state index in [-0.39, 0.29) is 18.2 Å². The summed E-state index contributed by atoms with van der Waals surface area (Å²) in [6.07, 6.45) is 4.08. The molecule has 1 aliphatic carbocycles. The quantitative estimate of drug-likeness (QED) is 0.368. The molecular formula is C24H34N2O6. The summed E-state index contributed by atoms with van der Waals surface area (Å²) in [7, 11) is 1.27. The van der Waals surface area contributed by atoms with Crippen molar-refractivity contribution in [3.63, 3.8) is 0 Å². The molecule has 0 saturated heterocycles. The fourth-order valence-corrected chi connectivity index (χ4v) is 3.48. The van der Waals surface area contributed by atoms with Gasteiger partial charge in [0.1, 0.15) is 17.9 Å². The van der Waals surface area contributed by atoms with E-state index in [1.54, 1.807) is 6.08 Å². The third-order valence-electron chi connectivity index (χ3n) is 5.08. The van der Waals surface area contributed by atoms with Gasteiger partial charge < -0.3 is 19.5 Å². The number of allylic oxidation sites excluding steroid dienone is 1. The third-order valence-corrected chi connectivity index (χ3v) is 5.08. The Morgan fingerprint density at radius 2 is 1.69 bits per heavy atom. The van der Waals surface area contributed by atoms with Crippen LogP contribution in [-0.4, -0.2) is 37.4 Å². The monoisotopic (exact) mass is 446 g/mol. The first kappa shape index (κ1) is 25.2. The van der Waals surface area contributed by atoms with E-state index >= 15 is 0 Å². The van der Waals surface area contributed by atoms with Crippen LogP contribution in [0.25, 0.3) is 0 Å². The largest absolute Gasteiger partial charge is 0.464 e. The van der Waals surface area contributed by atoms with Crippen molar-refractivity contribution in [1.82, 2.24) is 10.6 Å². The molecule has 1 fully saturated rings. The Balaban J connectivity index is 1.82. The minimum atomic E-state index is -0.708.